The van der Waals surface area contributed by atoms with Crippen LogP contribution < -0.4 is 20.1 Å². The van der Waals surface area contributed by atoms with Crippen molar-refractivity contribution in [3.63, 3.8) is 0 Å². The van der Waals surface area contributed by atoms with Crippen molar-refractivity contribution in [2.45, 2.75) is 94.3 Å². The SMILES string of the molecule is C.C.CC(C)Oc1ccc(C(=O)Nc2ccc(C(=O)O)c(O)c2)cc1C(C)C.CC(C)Oc1ccc(C(=O)Nc2ccc(C(=O)O)cc2)cc1C(C)C. The van der Waals surface area contributed by atoms with E-state index in [1.807, 2.05) is 53.7 Å². The number of carbonyl (C=O) groups is 4. The van der Waals surface area contributed by atoms with Crippen molar-refractivity contribution in [3.8, 4) is 17.2 Å². The van der Waals surface area contributed by atoms with E-state index in [1.165, 1.54) is 30.3 Å². The highest BCUT2D eigenvalue weighted by molar-refractivity contribution is 6.05. The average molecular weight is 731 g/mol. The number of carbonyl (C=O) groups excluding carboxylic acids is 2. The highest BCUT2D eigenvalue weighted by Crippen LogP contribution is 2.30. The lowest BCUT2D eigenvalue weighted by Gasteiger charge is -2.17. The minimum absolute atomic E-state index is 0. The van der Waals surface area contributed by atoms with Crippen molar-refractivity contribution >= 4 is 35.1 Å². The maximum absolute atomic E-state index is 12.5. The number of ether oxygens (including phenoxy) is 2. The molecule has 0 spiro atoms. The molecule has 0 aliphatic heterocycles. The Labute approximate surface area is 313 Å². The number of hydrogen-bond acceptors (Lipinski definition) is 7. The van der Waals surface area contributed by atoms with Gasteiger partial charge in [-0.25, -0.2) is 9.59 Å². The zero-order valence-corrected chi connectivity index (χ0v) is 30.1. The van der Waals surface area contributed by atoms with Gasteiger partial charge in [-0.05, 0) is 123 Å². The third kappa shape index (κ3) is 13.0. The summed E-state index contributed by atoms with van der Waals surface area (Å²) in [6.07, 6.45) is 0.0906. The van der Waals surface area contributed by atoms with Gasteiger partial charge in [0.1, 0.15) is 22.8 Å². The largest absolute Gasteiger partial charge is 0.507 e. The zero-order valence-electron chi connectivity index (χ0n) is 30.1. The average Bonchev–Trinajstić information content (AvgIpc) is 3.04. The molecule has 0 aliphatic rings. The fraction of sp³-hybridized carbons (Fsp3) is 0.333. The summed E-state index contributed by atoms with van der Waals surface area (Å²) in [6, 6.07) is 20.5. The van der Waals surface area contributed by atoms with E-state index in [4.69, 9.17) is 19.7 Å². The number of aromatic carboxylic acids is 2. The summed E-state index contributed by atoms with van der Waals surface area (Å²) >= 11 is 0. The van der Waals surface area contributed by atoms with E-state index < -0.39 is 17.7 Å². The molecule has 0 unspecified atom stereocenters. The van der Waals surface area contributed by atoms with Crippen molar-refractivity contribution in [2.75, 3.05) is 10.6 Å². The fourth-order valence-electron chi connectivity index (χ4n) is 4.90. The molecular weight excluding hydrogens is 676 g/mol. The number of hydrogen-bond donors (Lipinski definition) is 5. The Bertz CT molecular complexity index is 1860. The lowest BCUT2D eigenvalue weighted by Crippen LogP contribution is -2.14. The Morgan fingerprint density at radius 2 is 0.925 bits per heavy atom. The van der Waals surface area contributed by atoms with Crippen molar-refractivity contribution in [3.05, 3.63) is 112 Å². The van der Waals surface area contributed by atoms with Gasteiger partial charge in [-0.2, -0.15) is 0 Å². The summed E-state index contributed by atoms with van der Waals surface area (Å²) in [7, 11) is 0. The Balaban J connectivity index is 0.000000511. The van der Waals surface area contributed by atoms with Crippen LogP contribution in [0.4, 0.5) is 11.4 Å². The second kappa shape index (κ2) is 20.3. The molecule has 0 saturated carbocycles. The summed E-state index contributed by atoms with van der Waals surface area (Å²) in [4.78, 5) is 46.8. The first-order valence-electron chi connectivity index (χ1n) is 16.6. The molecular formula is C42H54N2O9. The standard InChI is InChI=1S/C20H23NO5.C20H23NO4.2CH4/c1-11(2)16-9-13(5-8-18(16)26-12(3)4)19(23)21-14-6-7-15(20(24)25)17(22)10-14;1-12(2)17-11-15(7-10-18(17)25-13(3)4)19(22)21-16-8-5-14(6-9-16)20(23)24;;/h5-12,22H,1-4H3,(H,21,23)(H,24,25);5-13H,1-4H3,(H,21,22)(H,23,24);2*1H4. The van der Waals surface area contributed by atoms with Crippen molar-refractivity contribution < 1.29 is 44.0 Å². The third-order valence-corrected chi connectivity index (χ3v) is 7.39. The van der Waals surface area contributed by atoms with Crippen LogP contribution >= 0.6 is 0 Å². The predicted octanol–water partition coefficient (Wildman–Crippen LogP) is 10.1. The summed E-state index contributed by atoms with van der Waals surface area (Å²) in [5.41, 5.74) is 3.69. The number of anilines is 2. The van der Waals surface area contributed by atoms with Gasteiger partial charge in [0.15, 0.2) is 0 Å². The molecule has 11 nitrogen and oxygen atoms in total. The topological polar surface area (TPSA) is 171 Å². The molecule has 0 saturated heterocycles. The Morgan fingerprint density at radius 3 is 1.28 bits per heavy atom. The second-order valence-electron chi connectivity index (χ2n) is 13.0. The van der Waals surface area contributed by atoms with Gasteiger partial charge in [0.2, 0.25) is 0 Å². The molecule has 0 fully saturated rings. The van der Waals surface area contributed by atoms with Crippen LogP contribution in [-0.4, -0.2) is 51.3 Å². The molecule has 0 heterocycles. The van der Waals surface area contributed by atoms with E-state index in [9.17, 15) is 24.3 Å². The molecule has 4 aromatic rings. The van der Waals surface area contributed by atoms with E-state index in [-0.39, 0.29) is 61.8 Å². The number of aromatic hydroxyl groups is 1. The number of benzene rings is 4. The maximum atomic E-state index is 12.5. The van der Waals surface area contributed by atoms with Crippen LogP contribution in [0.3, 0.4) is 0 Å². The van der Waals surface area contributed by atoms with Gasteiger partial charge in [-0.3, -0.25) is 9.59 Å². The van der Waals surface area contributed by atoms with E-state index in [1.54, 1.807) is 36.4 Å². The van der Waals surface area contributed by atoms with Crippen LogP contribution in [0, 0.1) is 0 Å². The molecule has 4 aromatic carbocycles. The third-order valence-electron chi connectivity index (χ3n) is 7.39. The molecule has 0 aromatic heterocycles. The predicted molar refractivity (Wildman–Crippen MR) is 210 cm³/mol. The molecule has 5 N–H and O–H groups in total. The molecule has 0 atom stereocenters. The van der Waals surface area contributed by atoms with Crippen LogP contribution in [-0.2, 0) is 0 Å². The number of carboxylic acid groups (broad SMARTS) is 2. The van der Waals surface area contributed by atoms with E-state index in [2.05, 4.69) is 24.5 Å². The van der Waals surface area contributed by atoms with Crippen molar-refractivity contribution in [1.82, 2.24) is 0 Å². The van der Waals surface area contributed by atoms with Crippen LogP contribution in [0.2, 0.25) is 0 Å². The first-order valence-corrected chi connectivity index (χ1v) is 16.6. The maximum Gasteiger partial charge on any atom is 0.339 e. The van der Waals surface area contributed by atoms with Crippen LogP contribution in [0.1, 0.15) is 135 Å². The first-order chi connectivity index (χ1) is 24.0. The number of phenols is 1. The Kier molecular flexibility index (Phi) is 17.3. The van der Waals surface area contributed by atoms with E-state index >= 15 is 0 Å². The smallest absolute Gasteiger partial charge is 0.339 e. The fourth-order valence-corrected chi connectivity index (χ4v) is 4.90. The van der Waals surface area contributed by atoms with Gasteiger partial charge in [-0.15, -0.1) is 0 Å². The normalized spacial score (nSPS) is 10.4. The van der Waals surface area contributed by atoms with Crippen LogP contribution in [0.25, 0.3) is 0 Å². The minimum atomic E-state index is -1.23. The molecule has 0 aliphatic carbocycles. The van der Waals surface area contributed by atoms with Gasteiger partial charge in [0.25, 0.3) is 11.8 Å². The van der Waals surface area contributed by atoms with Crippen molar-refractivity contribution in [2.24, 2.45) is 0 Å². The van der Waals surface area contributed by atoms with E-state index in [0.717, 1.165) is 22.6 Å². The minimum Gasteiger partial charge on any atom is -0.507 e. The molecule has 2 amide bonds. The highest BCUT2D eigenvalue weighted by Gasteiger charge is 2.17. The number of rotatable bonds is 12. The summed E-state index contributed by atoms with van der Waals surface area (Å²) in [5, 5.41) is 33.0. The summed E-state index contributed by atoms with van der Waals surface area (Å²) < 4.78 is 11.6. The summed E-state index contributed by atoms with van der Waals surface area (Å²) in [6.45, 7) is 16.0. The summed E-state index contributed by atoms with van der Waals surface area (Å²) in [5.74, 6) is -1.32. The quantitative estimate of drug-likeness (QED) is 0.0951. The molecule has 11 heteroatoms. The van der Waals surface area contributed by atoms with Gasteiger partial charge in [-0.1, -0.05) is 42.5 Å². The lowest BCUT2D eigenvalue weighted by molar-refractivity contribution is 0.0684. The molecule has 4 rings (SSSR count). The Morgan fingerprint density at radius 1 is 0.528 bits per heavy atom. The Hall–Kier alpha value is -5.84. The molecule has 0 radical (unpaired) electrons. The van der Waals surface area contributed by atoms with Crippen LogP contribution in [0.15, 0.2) is 78.9 Å². The van der Waals surface area contributed by atoms with Crippen LogP contribution in [0.5, 0.6) is 17.2 Å². The van der Waals surface area contributed by atoms with Gasteiger partial charge < -0.3 is 35.4 Å². The van der Waals surface area contributed by atoms with Gasteiger partial charge in [0, 0.05) is 28.6 Å². The lowest BCUT2D eigenvalue weighted by atomic mass is 9.99. The van der Waals surface area contributed by atoms with Crippen molar-refractivity contribution in [1.29, 1.82) is 0 Å². The van der Waals surface area contributed by atoms with E-state index in [0.29, 0.717) is 22.5 Å². The number of carboxylic acids is 2. The highest BCUT2D eigenvalue weighted by atomic mass is 16.5. The van der Waals surface area contributed by atoms with Gasteiger partial charge in [0.05, 0.1) is 17.8 Å². The van der Waals surface area contributed by atoms with Gasteiger partial charge >= 0.3 is 11.9 Å². The first kappa shape index (κ1) is 45.2. The number of amides is 2. The zero-order chi connectivity index (χ0) is 38.0. The molecule has 0 bridgehead atoms. The molecule has 53 heavy (non-hydrogen) atoms. The number of nitrogens with one attached hydrogen (secondary N) is 2. The second-order valence-corrected chi connectivity index (χ2v) is 13.0. The monoisotopic (exact) mass is 730 g/mol. The molecule has 286 valence electrons.